The molecule has 0 radical (unpaired) electrons. The lowest BCUT2D eigenvalue weighted by atomic mass is 10.0. The quantitative estimate of drug-likeness (QED) is 0.191. The highest BCUT2D eigenvalue weighted by Gasteiger charge is 2.26. The van der Waals surface area contributed by atoms with Crippen LogP contribution in [0.3, 0.4) is 0 Å². The molecule has 12 aromatic rings. The average molecular weight is 651 g/mol. The van der Waals surface area contributed by atoms with Gasteiger partial charge in [-0.1, -0.05) is 127 Å². The van der Waals surface area contributed by atoms with Gasteiger partial charge in [0.05, 0.1) is 38.7 Å². The number of fused-ring (bicyclic) bond motifs is 13. The van der Waals surface area contributed by atoms with Crippen molar-refractivity contribution >= 4 is 82.0 Å². The fourth-order valence-corrected chi connectivity index (χ4v) is 8.55. The normalized spacial score (nSPS) is 12.3. The summed E-state index contributed by atoms with van der Waals surface area (Å²) >= 11 is 0. The van der Waals surface area contributed by atoms with E-state index >= 15 is 0 Å². The third-order valence-corrected chi connectivity index (χ3v) is 10.7. The molecule has 0 aliphatic rings. The zero-order chi connectivity index (χ0) is 33.2. The van der Waals surface area contributed by atoms with E-state index in [0.29, 0.717) is 11.7 Å². The molecule has 51 heavy (non-hydrogen) atoms. The van der Waals surface area contributed by atoms with Gasteiger partial charge in [-0.15, -0.1) is 0 Å². The molecule has 0 aliphatic carbocycles. The summed E-state index contributed by atoms with van der Waals surface area (Å²) in [6, 6.07) is 55.8. The van der Waals surface area contributed by atoms with Gasteiger partial charge in [-0.2, -0.15) is 4.98 Å². The maximum Gasteiger partial charge on any atom is 0.238 e. The summed E-state index contributed by atoms with van der Waals surface area (Å²) in [7, 11) is 0. The van der Waals surface area contributed by atoms with Gasteiger partial charge in [-0.05, 0) is 41.5 Å². The minimum absolute atomic E-state index is 0.571. The van der Waals surface area contributed by atoms with Gasteiger partial charge in [0.1, 0.15) is 5.58 Å². The standard InChI is InChI=1S/C46H26N4O/c1-2-12-27(13-3-1)28-22-24-29(25-23-28)43-42-33-17-7-11-21-39(33)51-45(42)48-46(47-43)50-37-20-10-5-15-31(37)40-38(50)26-34-30-14-4-8-18-35(30)49-36-19-9-6-16-32(36)41(40)44(34)49/h1-26H. The molecular formula is C46H26N4O. The van der Waals surface area contributed by atoms with Crippen molar-refractivity contribution in [2.45, 2.75) is 0 Å². The molecule has 0 aliphatic heterocycles. The minimum Gasteiger partial charge on any atom is -0.437 e. The van der Waals surface area contributed by atoms with Crippen LogP contribution in [0.25, 0.3) is 110 Å². The lowest BCUT2D eigenvalue weighted by Crippen LogP contribution is -2.02. The van der Waals surface area contributed by atoms with Gasteiger partial charge in [0, 0.05) is 43.3 Å². The van der Waals surface area contributed by atoms with Gasteiger partial charge in [-0.25, -0.2) is 4.98 Å². The number of hydrogen-bond acceptors (Lipinski definition) is 3. The van der Waals surface area contributed by atoms with E-state index in [-0.39, 0.29) is 0 Å². The highest BCUT2D eigenvalue weighted by molar-refractivity contribution is 6.35. The van der Waals surface area contributed by atoms with Gasteiger partial charge >= 0.3 is 0 Å². The first-order valence-electron chi connectivity index (χ1n) is 17.3. The predicted octanol–water partition coefficient (Wildman–Crippen LogP) is 12.0. The van der Waals surface area contributed by atoms with Gasteiger partial charge < -0.3 is 8.82 Å². The van der Waals surface area contributed by atoms with E-state index in [9.17, 15) is 0 Å². The van der Waals surface area contributed by atoms with Gasteiger partial charge in [0.15, 0.2) is 0 Å². The first-order chi connectivity index (χ1) is 25.3. The molecule has 5 aromatic heterocycles. The van der Waals surface area contributed by atoms with E-state index < -0.39 is 0 Å². The third kappa shape index (κ3) is 3.54. The van der Waals surface area contributed by atoms with Crippen LogP contribution in [0, 0.1) is 0 Å². The van der Waals surface area contributed by atoms with Crippen LogP contribution in [0.4, 0.5) is 0 Å². The molecule has 0 spiro atoms. The summed E-state index contributed by atoms with van der Waals surface area (Å²) in [4.78, 5) is 10.7. The Morgan fingerprint density at radius 2 is 1.00 bits per heavy atom. The third-order valence-electron chi connectivity index (χ3n) is 10.7. The Morgan fingerprint density at radius 1 is 0.412 bits per heavy atom. The molecule has 0 bridgehead atoms. The predicted molar refractivity (Wildman–Crippen MR) is 209 cm³/mol. The fourth-order valence-electron chi connectivity index (χ4n) is 8.55. The van der Waals surface area contributed by atoms with Crippen molar-refractivity contribution in [3.63, 3.8) is 0 Å². The molecule has 0 atom stereocenters. The van der Waals surface area contributed by atoms with Crippen LogP contribution >= 0.6 is 0 Å². The zero-order valence-corrected chi connectivity index (χ0v) is 27.2. The molecule has 12 rings (SSSR count). The summed E-state index contributed by atoms with van der Waals surface area (Å²) in [6.07, 6.45) is 0. The van der Waals surface area contributed by atoms with Crippen molar-refractivity contribution < 1.29 is 4.42 Å². The van der Waals surface area contributed by atoms with E-state index in [1.807, 2.05) is 24.3 Å². The second kappa shape index (κ2) is 9.80. The van der Waals surface area contributed by atoms with Crippen LogP contribution in [0.2, 0.25) is 0 Å². The van der Waals surface area contributed by atoms with Crippen molar-refractivity contribution in [3.8, 4) is 28.3 Å². The summed E-state index contributed by atoms with van der Waals surface area (Å²) < 4.78 is 11.2. The number of nitrogens with zero attached hydrogens (tertiary/aromatic N) is 4. The molecule has 7 aromatic carbocycles. The van der Waals surface area contributed by atoms with Gasteiger partial charge in [-0.3, -0.25) is 4.57 Å². The molecule has 236 valence electrons. The number of aromatic nitrogens is 4. The molecule has 5 heteroatoms. The highest BCUT2D eigenvalue weighted by atomic mass is 16.3. The van der Waals surface area contributed by atoms with Crippen LogP contribution in [-0.4, -0.2) is 18.9 Å². The maximum atomic E-state index is 6.52. The fraction of sp³-hybridized carbons (Fsp3) is 0. The summed E-state index contributed by atoms with van der Waals surface area (Å²) in [5.74, 6) is 0.580. The Balaban J connectivity index is 1.22. The summed E-state index contributed by atoms with van der Waals surface area (Å²) in [5.41, 5.74) is 11.4. The van der Waals surface area contributed by atoms with Crippen molar-refractivity contribution in [3.05, 3.63) is 158 Å². The molecule has 0 N–H and O–H groups in total. The summed E-state index contributed by atoms with van der Waals surface area (Å²) in [6.45, 7) is 0. The molecule has 0 saturated heterocycles. The van der Waals surface area contributed by atoms with E-state index in [4.69, 9.17) is 14.4 Å². The van der Waals surface area contributed by atoms with Crippen molar-refractivity contribution in [1.29, 1.82) is 0 Å². The Morgan fingerprint density at radius 3 is 1.78 bits per heavy atom. The highest BCUT2D eigenvalue weighted by Crippen LogP contribution is 2.47. The van der Waals surface area contributed by atoms with Crippen LogP contribution in [-0.2, 0) is 0 Å². The second-order valence-corrected chi connectivity index (χ2v) is 13.4. The molecule has 0 saturated carbocycles. The monoisotopic (exact) mass is 650 g/mol. The van der Waals surface area contributed by atoms with E-state index in [1.165, 1.54) is 54.4 Å². The van der Waals surface area contributed by atoms with Gasteiger partial charge in [0.2, 0.25) is 11.7 Å². The van der Waals surface area contributed by atoms with Crippen LogP contribution in [0.1, 0.15) is 0 Å². The molecule has 5 nitrogen and oxygen atoms in total. The largest absolute Gasteiger partial charge is 0.437 e. The molecule has 0 fully saturated rings. The number of benzene rings is 7. The SMILES string of the molecule is c1ccc(-c2ccc(-c3nc(-n4c5ccccc5c5c6c7ccccc7n7c8ccccc8c(cc54)c67)nc4oc5ccccc5c34)cc2)cc1. The molecular weight excluding hydrogens is 625 g/mol. The first kappa shape index (κ1) is 26.9. The number of hydrogen-bond donors (Lipinski definition) is 0. The van der Waals surface area contributed by atoms with E-state index in [1.54, 1.807) is 0 Å². The Kier molecular flexibility index (Phi) is 5.17. The average Bonchev–Trinajstić information content (AvgIpc) is 3.93. The van der Waals surface area contributed by atoms with Crippen LogP contribution < -0.4 is 0 Å². The van der Waals surface area contributed by atoms with Crippen LogP contribution in [0.15, 0.2) is 162 Å². The van der Waals surface area contributed by atoms with E-state index in [2.05, 4.69) is 142 Å². The number of para-hydroxylation sites is 4. The topological polar surface area (TPSA) is 48.3 Å². The van der Waals surface area contributed by atoms with Crippen molar-refractivity contribution in [1.82, 2.24) is 18.9 Å². The zero-order valence-electron chi connectivity index (χ0n) is 27.2. The molecule has 5 heterocycles. The minimum atomic E-state index is 0.571. The van der Waals surface area contributed by atoms with Crippen LogP contribution in [0.5, 0.6) is 0 Å². The Hall–Kier alpha value is -6.98. The number of rotatable bonds is 3. The van der Waals surface area contributed by atoms with Crippen molar-refractivity contribution in [2.24, 2.45) is 0 Å². The second-order valence-electron chi connectivity index (χ2n) is 13.4. The Labute approximate surface area is 290 Å². The van der Waals surface area contributed by atoms with Gasteiger partial charge in [0.25, 0.3) is 0 Å². The lowest BCUT2D eigenvalue weighted by Gasteiger charge is -2.10. The molecule has 0 unspecified atom stereocenters. The molecule has 0 amide bonds. The first-order valence-corrected chi connectivity index (χ1v) is 17.3. The number of furan rings is 1. The Bertz CT molecular complexity index is 3350. The van der Waals surface area contributed by atoms with Crippen molar-refractivity contribution in [2.75, 3.05) is 0 Å². The van der Waals surface area contributed by atoms with E-state index in [0.717, 1.165) is 44.2 Å². The smallest absolute Gasteiger partial charge is 0.238 e. The maximum absolute atomic E-state index is 6.52. The summed E-state index contributed by atoms with van der Waals surface area (Å²) in [5, 5.41) is 9.23. The lowest BCUT2D eigenvalue weighted by molar-refractivity contribution is 0.651.